The summed E-state index contributed by atoms with van der Waals surface area (Å²) in [6, 6.07) is 0. The molecular weight excluding hydrogens is 328 g/mol. The standard InChI is InChI=1S/C14H22O6S2/c1-5-7(3)19-10(15)9(11(16)20-8(4)6-2)14-21-12(17)13(18)22-14/h7-8,12-13,17-18H,5-6H2,1-4H3. The number of hydrogen-bond donors (Lipinski definition) is 2. The summed E-state index contributed by atoms with van der Waals surface area (Å²) in [6.07, 6.45) is 0.539. The highest BCUT2D eigenvalue weighted by Crippen LogP contribution is 2.46. The Labute approximate surface area is 138 Å². The minimum absolute atomic E-state index is 0.224. The lowest BCUT2D eigenvalue weighted by Gasteiger charge is -2.16. The van der Waals surface area contributed by atoms with Crippen LogP contribution in [0, 0.1) is 0 Å². The quantitative estimate of drug-likeness (QED) is 0.325. The molecule has 2 N–H and O–H groups in total. The highest BCUT2D eigenvalue weighted by Gasteiger charge is 2.37. The minimum Gasteiger partial charge on any atom is -0.459 e. The fraction of sp³-hybridized carbons (Fsp3) is 0.714. The second-order valence-electron chi connectivity index (χ2n) is 4.93. The first-order valence-electron chi connectivity index (χ1n) is 7.15. The number of hydrogen-bond acceptors (Lipinski definition) is 8. The van der Waals surface area contributed by atoms with Crippen molar-refractivity contribution in [2.75, 3.05) is 0 Å². The van der Waals surface area contributed by atoms with E-state index in [0.717, 1.165) is 23.5 Å². The minimum atomic E-state index is -1.09. The van der Waals surface area contributed by atoms with Gasteiger partial charge in [-0.25, -0.2) is 9.59 Å². The fourth-order valence-electron chi connectivity index (χ4n) is 1.38. The van der Waals surface area contributed by atoms with Gasteiger partial charge in [-0.15, -0.1) is 0 Å². The first-order chi connectivity index (χ1) is 10.3. The van der Waals surface area contributed by atoms with E-state index in [9.17, 15) is 19.8 Å². The fourth-order valence-corrected chi connectivity index (χ4v) is 3.77. The maximum atomic E-state index is 12.3. The van der Waals surface area contributed by atoms with Gasteiger partial charge in [-0.2, -0.15) is 0 Å². The van der Waals surface area contributed by atoms with Crippen LogP contribution in [-0.4, -0.2) is 45.2 Å². The van der Waals surface area contributed by atoms with Gasteiger partial charge < -0.3 is 19.7 Å². The van der Waals surface area contributed by atoms with E-state index in [-0.39, 0.29) is 22.0 Å². The monoisotopic (exact) mass is 350 g/mol. The number of thioether (sulfide) groups is 2. The molecule has 6 nitrogen and oxygen atoms in total. The molecule has 0 aromatic heterocycles. The third-order valence-corrected chi connectivity index (χ3v) is 5.66. The van der Waals surface area contributed by atoms with E-state index in [1.807, 2.05) is 13.8 Å². The van der Waals surface area contributed by atoms with E-state index in [4.69, 9.17) is 9.47 Å². The van der Waals surface area contributed by atoms with Gasteiger partial charge in [0.25, 0.3) is 0 Å². The molecular formula is C14H22O6S2. The molecule has 4 atom stereocenters. The highest BCUT2D eigenvalue weighted by molar-refractivity contribution is 8.25. The van der Waals surface area contributed by atoms with E-state index in [0.29, 0.717) is 12.8 Å². The van der Waals surface area contributed by atoms with Gasteiger partial charge in [-0.1, -0.05) is 37.4 Å². The van der Waals surface area contributed by atoms with E-state index in [2.05, 4.69) is 0 Å². The smallest absolute Gasteiger partial charge is 0.347 e. The van der Waals surface area contributed by atoms with Crippen molar-refractivity contribution in [2.24, 2.45) is 0 Å². The van der Waals surface area contributed by atoms with Crippen LogP contribution in [0.3, 0.4) is 0 Å². The number of aliphatic hydroxyl groups is 2. The molecule has 0 spiro atoms. The lowest BCUT2D eigenvalue weighted by molar-refractivity contribution is -0.151. The van der Waals surface area contributed by atoms with Crippen LogP contribution in [0.2, 0.25) is 0 Å². The van der Waals surface area contributed by atoms with E-state index >= 15 is 0 Å². The number of rotatable bonds is 6. The van der Waals surface area contributed by atoms with E-state index in [1.54, 1.807) is 13.8 Å². The van der Waals surface area contributed by atoms with E-state index < -0.39 is 22.8 Å². The topological polar surface area (TPSA) is 93.1 Å². The van der Waals surface area contributed by atoms with Gasteiger partial charge in [-0.05, 0) is 26.7 Å². The average Bonchev–Trinajstić information content (AvgIpc) is 2.77. The van der Waals surface area contributed by atoms with Crippen LogP contribution in [0.4, 0.5) is 0 Å². The van der Waals surface area contributed by atoms with Crippen molar-refractivity contribution in [3.05, 3.63) is 9.81 Å². The zero-order valence-electron chi connectivity index (χ0n) is 13.1. The summed E-state index contributed by atoms with van der Waals surface area (Å²) in [7, 11) is 0. The van der Waals surface area contributed by atoms with Crippen LogP contribution >= 0.6 is 23.5 Å². The number of carbonyl (C=O) groups is 2. The zero-order chi connectivity index (χ0) is 16.9. The molecule has 0 amide bonds. The summed E-state index contributed by atoms with van der Waals surface area (Å²) in [6.45, 7) is 7.15. The summed E-state index contributed by atoms with van der Waals surface area (Å²) in [5.41, 5.74) is -2.45. The van der Waals surface area contributed by atoms with Crippen LogP contribution in [0.5, 0.6) is 0 Å². The second kappa shape index (κ2) is 8.81. The van der Waals surface area contributed by atoms with Crippen molar-refractivity contribution in [3.8, 4) is 0 Å². The SMILES string of the molecule is CCC(C)OC(=O)C(C(=O)OC(C)CC)=C1SC(O)C(O)S1. The van der Waals surface area contributed by atoms with Gasteiger partial charge in [0.15, 0.2) is 5.57 Å². The lowest BCUT2D eigenvalue weighted by atomic mass is 10.2. The van der Waals surface area contributed by atoms with Crippen LogP contribution < -0.4 is 0 Å². The Kier molecular flexibility index (Phi) is 7.75. The molecule has 0 aliphatic carbocycles. The predicted molar refractivity (Wildman–Crippen MR) is 85.9 cm³/mol. The molecule has 1 rings (SSSR count). The molecule has 22 heavy (non-hydrogen) atoms. The van der Waals surface area contributed by atoms with Crippen molar-refractivity contribution in [1.29, 1.82) is 0 Å². The van der Waals surface area contributed by atoms with Gasteiger partial charge in [0.1, 0.15) is 10.9 Å². The summed E-state index contributed by atoms with van der Waals surface area (Å²) in [5.74, 6) is -1.59. The largest absolute Gasteiger partial charge is 0.459 e. The number of carbonyl (C=O) groups excluding carboxylic acids is 2. The highest BCUT2D eigenvalue weighted by atomic mass is 32.2. The van der Waals surface area contributed by atoms with Crippen molar-refractivity contribution < 1.29 is 29.3 Å². The molecule has 0 aromatic rings. The molecule has 4 unspecified atom stereocenters. The Morgan fingerprint density at radius 1 is 1.00 bits per heavy atom. The molecule has 0 aromatic carbocycles. The van der Waals surface area contributed by atoms with E-state index in [1.165, 1.54) is 0 Å². The number of aliphatic hydroxyl groups excluding tert-OH is 2. The molecule has 0 saturated carbocycles. The van der Waals surface area contributed by atoms with Gasteiger partial charge in [0, 0.05) is 0 Å². The van der Waals surface area contributed by atoms with Crippen LogP contribution in [0.15, 0.2) is 9.81 Å². The summed E-state index contributed by atoms with van der Waals surface area (Å²) in [5, 5.41) is 19.2. The molecule has 1 aliphatic heterocycles. The van der Waals surface area contributed by atoms with Crippen molar-refractivity contribution in [1.82, 2.24) is 0 Å². The maximum absolute atomic E-state index is 12.3. The van der Waals surface area contributed by atoms with Crippen molar-refractivity contribution >= 4 is 35.5 Å². The zero-order valence-corrected chi connectivity index (χ0v) is 14.7. The molecule has 0 radical (unpaired) electrons. The van der Waals surface area contributed by atoms with Crippen LogP contribution in [0.1, 0.15) is 40.5 Å². The molecule has 1 aliphatic rings. The van der Waals surface area contributed by atoms with Crippen molar-refractivity contribution in [3.63, 3.8) is 0 Å². The van der Waals surface area contributed by atoms with Crippen LogP contribution in [-0.2, 0) is 19.1 Å². The maximum Gasteiger partial charge on any atom is 0.347 e. The average molecular weight is 350 g/mol. The molecule has 1 heterocycles. The molecule has 8 heteroatoms. The Bertz CT molecular complexity index is 413. The summed E-state index contributed by atoms with van der Waals surface area (Å²) in [4.78, 5) is 24.5. The van der Waals surface area contributed by atoms with Gasteiger partial charge >= 0.3 is 11.9 Å². The molecule has 0 bridgehead atoms. The van der Waals surface area contributed by atoms with Gasteiger partial charge in [0.05, 0.1) is 16.4 Å². The normalized spacial score (nSPS) is 23.8. The first kappa shape index (κ1) is 19.3. The summed E-state index contributed by atoms with van der Waals surface area (Å²) >= 11 is 1.71. The Morgan fingerprint density at radius 3 is 1.68 bits per heavy atom. The lowest BCUT2D eigenvalue weighted by Crippen LogP contribution is -2.25. The van der Waals surface area contributed by atoms with Crippen molar-refractivity contribution in [2.45, 2.75) is 63.6 Å². The Hall–Kier alpha value is -0.700. The molecule has 1 fully saturated rings. The third-order valence-electron chi connectivity index (χ3n) is 3.08. The van der Waals surface area contributed by atoms with Crippen LogP contribution in [0.25, 0.3) is 0 Å². The number of ether oxygens (including phenoxy) is 2. The van der Waals surface area contributed by atoms with Gasteiger partial charge in [0.2, 0.25) is 0 Å². The third kappa shape index (κ3) is 5.19. The van der Waals surface area contributed by atoms with Gasteiger partial charge in [-0.3, -0.25) is 0 Å². The predicted octanol–water partition coefficient (Wildman–Crippen LogP) is 2.00. The molecule has 1 saturated heterocycles. The first-order valence-corrected chi connectivity index (χ1v) is 8.91. The number of esters is 2. The molecule has 126 valence electrons. The Morgan fingerprint density at radius 2 is 1.36 bits per heavy atom. The Balaban J connectivity index is 3.03. The second-order valence-corrected chi connectivity index (χ2v) is 7.44. The summed E-state index contributed by atoms with van der Waals surface area (Å²) < 4.78 is 10.6.